The molecule has 1 aliphatic heterocycles. The van der Waals surface area contributed by atoms with Gasteiger partial charge in [-0.15, -0.1) is 0 Å². The number of carbonyl (C=O) groups is 2. The first kappa shape index (κ1) is 17.7. The number of amides is 2. The number of rotatable bonds is 6. The minimum absolute atomic E-state index is 0.00959. The third-order valence-electron chi connectivity index (χ3n) is 5.49. The molecule has 0 unspecified atom stereocenters. The van der Waals surface area contributed by atoms with Crippen LogP contribution in [0.4, 0.5) is 0 Å². The Morgan fingerprint density at radius 2 is 1.80 bits per heavy atom. The van der Waals surface area contributed by atoms with Gasteiger partial charge in [0.25, 0.3) is 0 Å². The van der Waals surface area contributed by atoms with Gasteiger partial charge in [0.1, 0.15) is 0 Å². The fourth-order valence-corrected chi connectivity index (χ4v) is 6.41. The Kier molecular flexibility index (Phi) is 4.27. The molecule has 0 saturated carbocycles. The van der Waals surface area contributed by atoms with E-state index in [0.29, 0.717) is 24.5 Å². The highest BCUT2D eigenvalue weighted by molar-refractivity contribution is 6.84. The van der Waals surface area contributed by atoms with E-state index in [0.717, 1.165) is 5.56 Å². The summed E-state index contributed by atoms with van der Waals surface area (Å²) in [6.45, 7) is 6.88. The predicted octanol–water partition coefficient (Wildman–Crippen LogP) is 2.88. The number of carbonyl (C=O) groups excluding carboxylic acids is 2. The first-order valence-corrected chi connectivity index (χ1v) is 12.0. The van der Waals surface area contributed by atoms with Crippen molar-refractivity contribution in [2.45, 2.75) is 31.1 Å². The molecule has 1 saturated heterocycles. The maximum Gasteiger partial charge on any atom is 0.237 e. The van der Waals surface area contributed by atoms with E-state index in [1.165, 1.54) is 4.90 Å². The van der Waals surface area contributed by atoms with Crippen molar-refractivity contribution in [3.63, 3.8) is 0 Å². The number of nitrogens with zero attached hydrogens (tertiary/aromatic N) is 1. The standard InChI is InChI=1S/C19H25NO4Si/c1-23-15-7-6-13(12-16(15)24-2)9-11-20-17(21)14-8-10-19(14,18(20)22)25(3,4)5/h6-8,10,12,14H,9,11H2,1-5H3/t14-,19+/m1/s1. The Balaban J connectivity index is 1.77. The van der Waals surface area contributed by atoms with E-state index in [4.69, 9.17) is 9.47 Å². The second-order valence-electron chi connectivity index (χ2n) is 7.69. The number of methoxy groups -OCH3 is 2. The summed E-state index contributed by atoms with van der Waals surface area (Å²) in [5, 5.41) is -0.540. The van der Waals surface area contributed by atoms with Gasteiger partial charge in [-0.3, -0.25) is 14.5 Å². The first-order chi connectivity index (χ1) is 11.8. The molecule has 134 valence electrons. The topological polar surface area (TPSA) is 55.8 Å². The van der Waals surface area contributed by atoms with Crippen molar-refractivity contribution >= 4 is 19.9 Å². The van der Waals surface area contributed by atoms with Crippen molar-refractivity contribution in [3.05, 3.63) is 35.9 Å². The number of likely N-dealkylation sites (tertiary alicyclic amines) is 1. The molecule has 5 nitrogen and oxygen atoms in total. The Hall–Kier alpha value is -2.08. The van der Waals surface area contributed by atoms with Crippen LogP contribution in [0, 0.1) is 5.92 Å². The van der Waals surface area contributed by atoms with Gasteiger partial charge in [0.15, 0.2) is 11.5 Å². The highest BCUT2D eigenvalue weighted by Crippen LogP contribution is 2.59. The van der Waals surface area contributed by atoms with Crippen LogP contribution in [-0.4, -0.2) is 45.6 Å². The average Bonchev–Trinajstić information content (AvgIpc) is 2.66. The van der Waals surface area contributed by atoms with Crippen LogP contribution < -0.4 is 9.47 Å². The van der Waals surface area contributed by atoms with Gasteiger partial charge in [0.05, 0.1) is 33.2 Å². The molecule has 0 spiro atoms. The molecule has 2 atom stereocenters. The second-order valence-corrected chi connectivity index (χ2v) is 13.0. The number of fused-ring (bicyclic) bond motifs is 1. The van der Waals surface area contributed by atoms with E-state index >= 15 is 0 Å². The molecule has 1 aromatic carbocycles. The Bertz CT molecular complexity index is 752. The predicted molar refractivity (Wildman–Crippen MR) is 98.6 cm³/mol. The summed E-state index contributed by atoms with van der Waals surface area (Å²) in [5.41, 5.74) is 1.01. The number of ether oxygens (including phenoxy) is 2. The number of imide groups is 1. The van der Waals surface area contributed by atoms with E-state index in [2.05, 4.69) is 19.6 Å². The fourth-order valence-electron chi connectivity index (χ4n) is 3.88. The molecular weight excluding hydrogens is 334 g/mol. The lowest BCUT2D eigenvalue weighted by Crippen LogP contribution is -2.50. The zero-order valence-corrected chi connectivity index (χ0v) is 16.5. The normalized spacial score (nSPS) is 25.0. The molecule has 1 heterocycles. The highest BCUT2D eigenvalue weighted by Gasteiger charge is 2.66. The molecule has 25 heavy (non-hydrogen) atoms. The lowest BCUT2D eigenvalue weighted by Gasteiger charge is -2.43. The van der Waals surface area contributed by atoms with Crippen molar-refractivity contribution in [2.24, 2.45) is 5.92 Å². The van der Waals surface area contributed by atoms with Gasteiger partial charge in [0.2, 0.25) is 11.8 Å². The monoisotopic (exact) mass is 359 g/mol. The molecule has 0 radical (unpaired) electrons. The van der Waals surface area contributed by atoms with Crippen LogP contribution in [0.1, 0.15) is 5.56 Å². The first-order valence-electron chi connectivity index (χ1n) is 8.52. The smallest absolute Gasteiger partial charge is 0.237 e. The molecule has 1 aromatic rings. The maximum absolute atomic E-state index is 13.0. The van der Waals surface area contributed by atoms with Crippen LogP contribution in [0.25, 0.3) is 0 Å². The van der Waals surface area contributed by atoms with Crippen molar-refractivity contribution in [2.75, 3.05) is 20.8 Å². The lowest BCUT2D eigenvalue weighted by atomic mass is 9.83. The van der Waals surface area contributed by atoms with Crippen LogP contribution in [0.15, 0.2) is 30.4 Å². The number of hydrogen-bond acceptors (Lipinski definition) is 4. The molecule has 1 fully saturated rings. The summed E-state index contributed by atoms with van der Waals surface area (Å²) in [7, 11) is 1.35. The Labute approximate surface area is 149 Å². The van der Waals surface area contributed by atoms with Crippen LogP contribution >= 0.6 is 0 Å². The molecule has 0 bridgehead atoms. The van der Waals surface area contributed by atoms with Gasteiger partial charge in [0, 0.05) is 6.54 Å². The van der Waals surface area contributed by atoms with E-state index in [9.17, 15) is 9.59 Å². The molecule has 2 amide bonds. The highest BCUT2D eigenvalue weighted by atomic mass is 28.3. The second kappa shape index (κ2) is 6.02. The molecule has 2 aliphatic rings. The van der Waals surface area contributed by atoms with E-state index in [1.54, 1.807) is 14.2 Å². The zero-order valence-electron chi connectivity index (χ0n) is 15.5. The van der Waals surface area contributed by atoms with Gasteiger partial charge < -0.3 is 9.47 Å². The molecule has 0 aromatic heterocycles. The minimum atomic E-state index is -1.84. The Morgan fingerprint density at radius 3 is 2.28 bits per heavy atom. The van der Waals surface area contributed by atoms with Crippen molar-refractivity contribution < 1.29 is 19.1 Å². The van der Waals surface area contributed by atoms with E-state index in [1.807, 2.05) is 30.4 Å². The minimum Gasteiger partial charge on any atom is -0.493 e. The third kappa shape index (κ3) is 2.50. The van der Waals surface area contributed by atoms with Gasteiger partial charge >= 0.3 is 0 Å². The summed E-state index contributed by atoms with van der Waals surface area (Å²) in [5.74, 6) is 1.01. The van der Waals surface area contributed by atoms with Crippen molar-refractivity contribution in [3.8, 4) is 11.5 Å². The fraction of sp³-hybridized carbons (Fsp3) is 0.474. The van der Waals surface area contributed by atoms with Crippen LogP contribution in [0.2, 0.25) is 24.7 Å². The largest absolute Gasteiger partial charge is 0.493 e. The van der Waals surface area contributed by atoms with Crippen LogP contribution in [0.5, 0.6) is 11.5 Å². The van der Waals surface area contributed by atoms with E-state index in [-0.39, 0.29) is 17.7 Å². The van der Waals surface area contributed by atoms with E-state index < -0.39 is 13.1 Å². The summed E-state index contributed by atoms with van der Waals surface area (Å²) in [6.07, 6.45) is 4.47. The van der Waals surface area contributed by atoms with Gasteiger partial charge in [-0.05, 0) is 24.1 Å². The average molecular weight is 359 g/mol. The summed E-state index contributed by atoms with van der Waals surface area (Å²) < 4.78 is 10.6. The van der Waals surface area contributed by atoms with Crippen LogP contribution in [-0.2, 0) is 16.0 Å². The zero-order chi connectivity index (χ0) is 18.4. The van der Waals surface area contributed by atoms with Crippen LogP contribution in [0.3, 0.4) is 0 Å². The van der Waals surface area contributed by atoms with Crippen molar-refractivity contribution in [1.29, 1.82) is 0 Å². The summed E-state index contributed by atoms with van der Waals surface area (Å²) >= 11 is 0. The summed E-state index contributed by atoms with van der Waals surface area (Å²) in [6, 6.07) is 5.68. The van der Waals surface area contributed by atoms with Gasteiger partial charge in [-0.1, -0.05) is 37.9 Å². The van der Waals surface area contributed by atoms with Gasteiger partial charge in [-0.2, -0.15) is 0 Å². The quantitative estimate of drug-likeness (QED) is 0.445. The molecular formula is C19H25NO4Si. The lowest BCUT2D eigenvalue weighted by molar-refractivity contribution is -0.139. The Morgan fingerprint density at radius 1 is 1.12 bits per heavy atom. The number of hydrogen-bond donors (Lipinski definition) is 0. The van der Waals surface area contributed by atoms with Crippen molar-refractivity contribution in [1.82, 2.24) is 4.90 Å². The van der Waals surface area contributed by atoms with Gasteiger partial charge in [-0.25, -0.2) is 0 Å². The molecule has 0 N–H and O–H groups in total. The maximum atomic E-state index is 13.0. The third-order valence-corrected chi connectivity index (χ3v) is 8.66. The molecule has 3 rings (SSSR count). The SMILES string of the molecule is COc1ccc(CCN2C(=O)[C@H]3C=C[C@@]3([Si](C)(C)C)C2=O)cc1OC. The summed E-state index contributed by atoms with van der Waals surface area (Å²) in [4.78, 5) is 27.2. The number of benzene rings is 1. The molecule has 6 heteroatoms. The molecule has 1 aliphatic carbocycles.